The van der Waals surface area contributed by atoms with E-state index in [1.54, 1.807) is 15.9 Å². The molecule has 25 heavy (non-hydrogen) atoms. The monoisotopic (exact) mass is 358 g/mol. The first-order valence-corrected chi connectivity index (χ1v) is 10.1. The van der Waals surface area contributed by atoms with E-state index < -0.39 is 5.56 Å². The minimum atomic E-state index is -0.439. The minimum absolute atomic E-state index is 0.277. The Kier molecular flexibility index (Phi) is 3.67. The van der Waals surface area contributed by atoms with Crippen molar-refractivity contribution in [2.24, 2.45) is 11.8 Å². The molecule has 3 aliphatic rings. The summed E-state index contributed by atoms with van der Waals surface area (Å²) < 4.78 is 3.11. The van der Waals surface area contributed by atoms with E-state index in [0.29, 0.717) is 24.9 Å². The van der Waals surface area contributed by atoms with E-state index in [4.69, 9.17) is 0 Å². The van der Waals surface area contributed by atoms with E-state index in [1.807, 2.05) is 0 Å². The van der Waals surface area contributed by atoms with Gasteiger partial charge in [0, 0.05) is 44.6 Å². The number of fused-ring (bicyclic) bond motifs is 3. The molecule has 5 rings (SSSR count). The molecule has 7 heteroatoms. The second kappa shape index (κ2) is 5.92. The van der Waals surface area contributed by atoms with Crippen molar-refractivity contribution < 1.29 is 0 Å². The summed E-state index contributed by atoms with van der Waals surface area (Å²) in [5.41, 5.74) is 0.541. The predicted molar refractivity (Wildman–Crippen MR) is 95.9 cm³/mol. The number of aromatic nitrogens is 3. The van der Waals surface area contributed by atoms with Crippen molar-refractivity contribution in [2.45, 2.75) is 44.8 Å². The number of thiophene rings is 1. The largest absolute Gasteiger partial charge is 0.332 e. The predicted octanol–water partition coefficient (Wildman–Crippen LogP) is 1.50. The van der Waals surface area contributed by atoms with Gasteiger partial charge in [-0.3, -0.25) is 19.1 Å². The van der Waals surface area contributed by atoms with Crippen molar-refractivity contribution in [2.75, 3.05) is 13.1 Å². The van der Waals surface area contributed by atoms with Crippen molar-refractivity contribution in [3.63, 3.8) is 0 Å². The van der Waals surface area contributed by atoms with E-state index in [-0.39, 0.29) is 11.5 Å². The highest BCUT2D eigenvalue weighted by atomic mass is 32.1. The summed E-state index contributed by atoms with van der Waals surface area (Å²) in [7, 11) is 0. The van der Waals surface area contributed by atoms with Gasteiger partial charge >= 0.3 is 11.1 Å². The van der Waals surface area contributed by atoms with Crippen LogP contribution in [0.1, 0.15) is 36.6 Å². The lowest BCUT2D eigenvalue weighted by Crippen LogP contribution is -2.45. The van der Waals surface area contributed by atoms with Crippen LogP contribution >= 0.6 is 11.3 Å². The summed E-state index contributed by atoms with van der Waals surface area (Å²) in [6.07, 6.45) is 3.52. The summed E-state index contributed by atoms with van der Waals surface area (Å²) >= 11 is 1.73. The molecule has 4 heterocycles. The van der Waals surface area contributed by atoms with Gasteiger partial charge in [0.05, 0.1) is 0 Å². The summed E-state index contributed by atoms with van der Waals surface area (Å²) in [4.78, 5) is 27.3. The molecule has 1 aliphatic carbocycles. The van der Waals surface area contributed by atoms with Crippen LogP contribution in [0, 0.1) is 11.8 Å². The van der Waals surface area contributed by atoms with Crippen molar-refractivity contribution in [1.29, 1.82) is 0 Å². The fraction of sp³-hybridized carbons (Fsp3) is 0.611. The maximum Gasteiger partial charge on any atom is 0.332 e. The summed E-state index contributed by atoms with van der Waals surface area (Å²) in [5.74, 6) is 2.03. The normalized spacial score (nSPS) is 25.8. The molecule has 0 aromatic carbocycles. The van der Waals surface area contributed by atoms with E-state index in [1.165, 1.54) is 16.7 Å². The number of hydrogen-bond donors (Lipinski definition) is 0. The molecule has 0 N–H and O–H groups in total. The Balaban J connectivity index is 1.41. The Hall–Kier alpha value is -1.73. The molecule has 0 bridgehead atoms. The third-order valence-corrected chi connectivity index (χ3v) is 6.80. The van der Waals surface area contributed by atoms with Gasteiger partial charge in [0.25, 0.3) is 0 Å². The Morgan fingerprint density at radius 2 is 2.04 bits per heavy atom. The van der Waals surface area contributed by atoms with Crippen LogP contribution in [0.3, 0.4) is 0 Å². The van der Waals surface area contributed by atoms with Gasteiger partial charge < -0.3 is 0 Å². The average molecular weight is 358 g/mol. The quantitative estimate of drug-likeness (QED) is 0.777. The topological polar surface area (TPSA) is 60.1 Å². The first-order chi connectivity index (χ1) is 12.2. The van der Waals surface area contributed by atoms with Gasteiger partial charge in [-0.05, 0) is 41.1 Å². The van der Waals surface area contributed by atoms with Crippen LogP contribution in [0.4, 0.5) is 0 Å². The van der Waals surface area contributed by atoms with Crippen LogP contribution in [-0.2, 0) is 19.6 Å². The minimum Gasteiger partial charge on any atom is -0.298 e. The summed E-state index contributed by atoms with van der Waals surface area (Å²) in [6.45, 7) is 4.11. The fourth-order valence-corrected chi connectivity index (χ4v) is 5.15. The highest BCUT2D eigenvalue weighted by Crippen LogP contribution is 2.37. The van der Waals surface area contributed by atoms with Gasteiger partial charge in [-0.15, -0.1) is 0 Å². The van der Waals surface area contributed by atoms with E-state index in [0.717, 1.165) is 38.3 Å². The number of rotatable bonds is 4. The lowest BCUT2D eigenvalue weighted by Gasteiger charge is -2.25. The van der Waals surface area contributed by atoms with Crippen LogP contribution < -0.4 is 11.1 Å². The van der Waals surface area contributed by atoms with Gasteiger partial charge in [-0.1, -0.05) is 6.42 Å². The maximum absolute atomic E-state index is 12.5. The number of likely N-dealkylation sites (tertiary alicyclic amines) is 1. The molecule has 2 fully saturated rings. The summed E-state index contributed by atoms with van der Waals surface area (Å²) in [5, 5.41) is 8.96. The first kappa shape index (κ1) is 15.5. The van der Waals surface area contributed by atoms with E-state index in [2.05, 4.69) is 26.8 Å². The zero-order valence-electron chi connectivity index (χ0n) is 14.1. The average Bonchev–Trinajstić information content (AvgIpc) is 3.25. The Labute approximate surface area is 149 Å². The molecule has 0 amide bonds. The molecule has 0 spiro atoms. The van der Waals surface area contributed by atoms with E-state index in [9.17, 15) is 9.59 Å². The molecule has 1 saturated carbocycles. The number of hydrogen-bond acceptors (Lipinski definition) is 5. The van der Waals surface area contributed by atoms with Gasteiger partial charge in [0.15, 0.2) is 0 Å². The molecule has 2 aromatic rings. The molecule has 0 unspecified atom stereocenters. The Bertz CT molecular complexity index is 897. The van der Waals surface area contributed by atoms with Crippen molar-refractivity contribution in [3.8, 4) is 0 Å². The van der Waals surface area contributed by atoms with Crippen molar-refractivity contribution in [1.82, 2.24) is 19.2 Å². The fourth-order valence-electron chi connectivity index (χ4n) is 4.49. The molecule has 6 nitrogen and oxygen atoms in total. The highest BCUT2D eigenvalue weighted by molar-refractivity contribution is 7.07. The van der Waals surface area contributed by atoms with Crippen LogP contribution in [0.2, 0.25) is 0 Å². The van der Waals surface area contributed by atoms with Crippen LogP contribution in [0.15, 0.2) is 26.4 Å². The second-order valence-corrected chi connectivity index (χ2v) is 8.53. The zero-order chi connectivity index (χ0) is 17.0. The van der Waals surface area contributed by atoms with Gasteiger partial charge in [0.2, 0.25) is 0 Å². The summed E-state index contributed by atoms with van der Waals surface area (Å²) in [6, 6.07) is 2.17. The SMILES string of the molecule is O=c1c(=O)n2c(nn1CC1CCC1)[C@H]1CN(Cc3ccsc3)C[C@@H]1C2. The van der Waals surface area contributed by atoms with Crippen LogP contribution in [0.5, 0.6) is 0 Å². The lowest BCUT2D eigenvalue weighted by molar-refractivity contribution is 0.256. The highest BCUT2D eigenvalue weighted by Gasteiger charge is 2.42. The molecule has 2 atom stereocenters. The number of nitrogens with zero attached hydrogens (tertiary/aromatic N) is 4. The molecule has 1 saturated heterocycles. The van der Waals surface area contributed by atoms with E-state index >= 15 is 0 Å². The third-order valence-electron chi connectivity index (χ3n) is 6.07. The lowest BCUT2D eigenvalue weighted by atomic mass is 9.85. The molecular formula is C18H22N4O2S. The molecule has 132 valence electrons. The molecule has 2 aromatic heterocycles. The Morgan fingerprint density at radius 1 is 1.16 bits per heavy atom. The maximum atomic E-state index is 12.5. The van der Waals surface area contributed by atoms with Gasteiger partial charge in [0.1, 0.15) is 5.82 Å². The second-order valence-electron chi connectivity index (χ2n) is 7.75. The zero-order valence-corrected chi connectivity index (χ0v) is 15.0. The van der Waals surface area contributed by atoms with Crippen LogP contribution in [0.25, 0.3) is 0 Å². The smallest absolute Gasteiger partial charge is 0.298 e. The molecule has 0 radical (unpaired) electrons. The van der Waals surface area contributed by atoms with Crippen molar-refractivity contribution in [3.05, 3.63) is 48.9 Å². The molecular weight excluding hydrogens is 336 g/mol. The first-order valence-electron chi connectivity index (χ1n) is 9.14. The van der Waals surface area contributed by atoms with Crippen molar-refractivity contribution >= 4 is 11.3 Å². The van der Waals surface area contributed by atoms with Gasteiger partial charge in [-0.25, -0.2) is 4.68 Å². The Morgan fingerprint density at radius 3 is 2.76 bits per heavy atom. The standard InChI is InChI=1S/C18H22N4O2S/c23-17-18(24)22(7-12-2-1-3-12)19-16-15-10-20(6-13-4-5-25-11-13)8-14(15)9-21(16)17/h4-5,11-12,14-15H,1-3,6-10H2/t14-,15+/m1/s1. The third kappa shape index (κ3) is 2.60. The van der Waals surface area contributed by atoms with Crippen LogP contribution in [-0.4, -0.2) is 32.3 Å². The molecule has 2 aliphatic heterocycles. The van der Waals surface area contributed by atoms with Gasteiger partial charge in [-0.2, -0.15) is 16.4 Å².